The monoisotopic (exact) mass is 322 g/mol. The van der Waals surface area contributed by atoms with Gasteiger partial charge in [0.25, 0.3) is 0 Å². The first kappa shape index (κ1) is 13.4. The second-order valence-electron chi connectivity index (χ2n) is 3.77. The lowest BCUT2D eigenvalue weighted by Gasteiger charge is -2.09. The van der Waals surface area contributed by atoms with E-state index < -0.39 is 0 Å². The van der Waals surface area contributed by atoms with Crippen LogP contribution in [0, 0.1) is 0 Å². The van der Waals surface area contributed by atoms with Gasteiger partial charge in [-0.15, -0.1) is 6.58 Å². The molecule has 0 atom stereocenters. The van der Waals surface area contributed by atoms with Crippen molar-refractivity contribution in [2.75, 3.05) is 5.75 Å². The molecule has 0 aliphatic carbocycles. The molecular weight excluding hydrogens is 308 g/mol. The van der Waals surface area contributed by atoms with Crippen LogP contribution in [0.15, 0.2) is 52.7 Å². The number of nitrogens with zero attached hydrogens (tertiary/aromatic N) is 2. The van der Waals surface area contributed by atoms with Crippen LogP contribution in [0.2, 0.25) is 0 Å². The Morgan fingerprint density at radius 3 is 2.72 bits per heavy atom. The molecule has 0 saturated carbocycles. The van der Waals surface area contributed by atoms with Crippen molar-refractivity contribution in [1.82, 2.24) is 9.55 Å². The Hall–Kier alpha value is -1.00. The quantitative estimate of drug-likeness (QED) is 0.591. The zero-order valence-corrected chi connectivity index (χ0v) is 12.7. The number of imidazole rings is 1. The van der Waals surface area contributed by atoms with Gasteiger partial charge in [0.15, 0.2) is 5.16 Å². The van der Waals surface area contributed by atoms with Crippen molar-refractivity contribution in [1.29, 1.82) is 0 Å². The number of hydrogen-bond acceptors (Lipinski definition) is 2. The molecule has 2 rings (SSSR count). The van der Waals surface area contributed by atoms with E-state index >= 15 is 0 Å². The summed E-state index contributed by atoms with van der Waals surface area (Å²) in [5.74, 6) is 1.02. The average molecular weight is 323 g/mol. The normalized spacial score (nSPS) is 10.6. The van der Waals surface area contributed by atoms with Crippen LogP contribution < -0.4 is 0 Å². The number of allylic oxidation sites excluding steroid dienone is 1. The first-order valence-electron chi connectivity index (χ1n) is 5.81. The zero-order valence-electron chi connectivity index (χ0n) is 10.3. The van der Waals surface area contributed by atoms with Gasteiger partial charge in [0, 0.05) is 11.0 Å². The van der Waals surface area contributed by atoms with Crippen LogP contribution in [0.4, 0.5) is 0 Å². The van der Waals surface area contributed by atoms with Gasteiger partial charge >= 0.3 is 0 Å². The first-order chi connectivity index (χ1) is 8.76. The minimum atomic E-state index is 0.785. The van der Waals surface area contributed by atoms with E-state index in [9.17, 15) is 0 Å². The predicted molar refractivity (Wildman–Crippen MR) is 82.0 cm³/mol. The second kappa shape index (κ2) is 6.25. The Bertz CT molecular complexity index is 531. The molecule has 0 amide bonds. The lowest BCUT2D eigenvalue weighted by molar-refractivity contribution is 0.732. The number of thioether (sulfide) groups is 1. The molecule has 0 N–H and O–H groups in total. The van der Waals surface area contributed by atoms with Crippen LogP contribution in [0.3, 0.4) is 0 Å². The zero-order chi connectivity index (χ0) is 13.0. The van der Waals surface area contributed by atoms with E-state index in [1.165, 1.54) is 5.56 Å². The summed E-state index contributed by atoms with van der Waals surface area (Å²) in [5.41, 5.74) is 2.31. The molecule has 0 bridgehead atoms. The van der Waals surface area contributed by atoms with Gasteiger partial charge in [-0.2, -0.15) is 0 Å². The van der Waals surface area contributed by atoms with Crippen LogP contribution in [0.25, 0.3) is 11.3 Å². The first-order valence-corrected chi connectivity index (χ1v) is 7.59. The molecule has 1 aromatic carbocycles. The molecule has 18 heavy (non-hydrogen) atoms. The van der Waals surface area contributed by atoms with Gasteiger partial charge in [-0.25, -0.2) is 4.98 Å². The molecule has 4 heteroatoms. The summed E-state index contributed by atoms with van der Waals surface area (Å²) >= 11 is 5.21. The van der Waals surface area contributed by atoms with Gasteiger partial charge in [0.1, 0.15) is 0 Å². The van der Waals surface area contributed by atoms with Crippen molar-refractivity contribution in [3.05, 3.63) is 47.6 Å². The minimum Gasteiger partial charge on any atom is -0.315 e. The van der Waals surface area contributed by atoms with Gasteiger partial charge in [-0.3, -0.25) is 0 Å². The molecule has 1 heterocycles. The number of halogens is 1. The van der Waals surface area contributed by atoms with Crippen molar-refractivity contribution >= 4 is 27.7 Å². The third-order valence-corrected chi connectivity index (χ3v) is 3.95. The summed E-state index contributed by atoms with van der Waals surface area (Å²) in [5, 5.41) is 1.05. The highest BCUT2D eigenvalue weighted by Gasteiger charge is 2.10. The van der Waals surface area contributed by atoms with Crippen molar-refractivity contribution < 1.29 is 0 Å². The van der Waals surface area contributed by atoms with Crippen molar-refractivity contribution in [2.24, 2.45) is 0 Å². The van der Waals surface area contributed by atoms with Gasteiger partial charge in [-0.05, 0) is 23.4 Å². The maximum Gasteiger partial charge on any atom is 0.168 e. The topological polar surface area (TPSA) is 17.8 Å². The van der Waals surface area contributed by atoms with Gasteiger partial charge in [-0.1, -0.05) is 52.8 Å². The summed E-state index contributed by atoms with van der Waals surface area (Å²) in [7, 11) is 0. The van der Waals surface area contributed by atoms with Crippen molar-refractivity contribution in [3.63, 3.8) is 0 Å². The molecule has 1 aromatic heterocycles. The Morgan fingerprint density at radius 1 is 1.39 bits per heavy atom. The molecule has 0 radical (unpaired) electrons. The molecule has 0 spiro atoms. The third kappa shape index (κ3) is 2.87. The molecule has 2 aromatic rings. The third-order valence-electron chi connectivity index (χ3n) is 2.54. The second-order valence-corrected chi connectivity index (χ2v) is 5.91. The smallest absolute Gasteiger partial charge is 0.168 e. The van der Waals surface area contributed by atoms with E-state index in [1.807, 2.05) is 24.4 Å². The van der Waals surface area contributed by atoms with E-state index in [0.29, 0.717) is 0 Å². The molecular formula is C14H15BrN2S. The molecule has 0 fully saturated rings. The Morgan fingerprint density at radius 2 is 2.11 bits per heavy atom. The summed E-state index contributed by atoms with van der Waals surface area (Å²) < 4.78 is 3.29. The lowest BCUT2D eigenvalue weighted by Crippen LogP contribution is -2.00. The van der Waals surface area contributed by atoms with E-state index in [2.05, 4.69) is 51.1 Å². The van der Waals surface area contributed by atoms with Gasteiger partial charge in [0.05, 0.1) is 11.9 Å². The number of aromatic nitrogens is 2. The van der Waals surface area contributed by atoms with E-state index in [1.54, 1.807) is 11.8 Å². The largest absolute Gasteiger partial charge is 0.315 e. The van der Waals surface area contributed by atoms with Crippen LogP contribution >= 0.6 is 27.7 Å². The Kier molecular flexibility index (Phi) is 4.66. The van der Waals surface area contributed by atoms with E-state index in [-0.39, 0.29) is 0 Å². The summed E-state index contributed by atoms with van der Waals surface area (Å²) in [6, 6.07) is 8.29. The highest BCUT2D eigenvalue weighted by atomic mass is 79.9. The fraction of sp³-hybridized carbons (Fsp3) is 0.214. The van der Waals surface area contributed by atoms with Crippen LogP contribution in [0.5, 0.6) is 0 Å². The molecule has 0 aliphatic rings. The molecule has 0 saturated heterocycles. The lowest BCUT2D eigenvalue weighted by atomic mass is 10.2. The molecule has 0 aliphatic heterocycles. The van der Waals surface area contributed by atoms with Crippen molar-refractivity contribution in [3.8, 4) is 11.3 Å². The Labute approximate surface area is 120 Å². The number of benzene rings is 1. The highest BCUT2D eigenvalue weighted by Crippen LogP contribution is 2.27. The fourth-order valence-electron chi connectivity index (χ4n) is 1.76. The molecule has 0 unspecified atom stereocenters. The Balaban J connectivity index is 2.43. The van der Waals surface area contributed by atoms with Gasteiger partial charge < -0.3 is 4.57 Å². The van der Waals surface area contributed by atoms with Gasteiger partial charge in [0.2, 0.25) is 0 Å². The van der Waals surface area contributed by atoms with E-state index in [4.69, 9.17) is 0 Å². The SMILES string of the molecule is C=CCn1c(-c2ccc(Br)cc2)cnc1SCC. The number of rotatable bonds is 5. The summed E-state index contributed by atoms with van der Waals surface area (Å²) in [4.78, 5) is 4.49. The fourth-order valence-corrected chi connectivity index (χ4v) is 2.74. The summed E-state index contributed by atoms with van der Waals surface area (Å²) in [6.07, 6.45) is 3.84. The summed E-state index contributed by atoms with van der Waals surface area (Å²) in [6.45, 7) is 6.74. The highest BCUT2D eigenvalue weighted by molar-refractivity contribution is 9.10. The molecule has 2 nitrogen and oxygen atoms in total. The number of hydrogen-bond donors (Lipinski definition) is 0. The predicted octanol–water partition coefficient (Wildman–Crippen LogP) is 4.61. The average Bonchev–Trinajstić information content (AvgIpc) is 2.75. The van der Waals surface area contributed by atoms with Crippen molar-refractivity contribution in [2.45, 2.75) is 18.6 Å². The van der Waals surface area contributed by atoms with Crippen LogP contribution in [0.1, 0.15) is 6.92 Å². The molecule has 94 valence electrons. The van der Waals surface area contributed by atoms with Crippen LogP contribution in [-0.2, 0) is 6.54 Å². The van der Waals surface area contributed by atoms with E-state index in [0.717, 1.165) is 27.6 Å². The minimum absolute atomic E-state index is 0.785. The maximum absolute atomic E-state index is 4.49. The standard InChI is InChI=1S/C14H15BrN2S/c1-3-9-17-13(10-16-14(17)18-4-2)11-5-7-12(15)8-6-11/h3,5-8,10H,1,4,9H2,2H3. The maximum atomic E-state index is 4.49. The van der Waals surface area contributed by atoms with Crippen LogP contribution in [-0.4, -0.2) is 15.3 Å².